The standard InChI is InChI=1S/C32H40N4O4/c1-3-33-13-15-34(16-14-33)29(37)21-35-17-18-36-28-19-23(32(38)39)9-11-25(28)30(22-7-5-4-6-8-22)31(36)26-12-10-24(40-2)20-27(26)35/h9-12,19-20,22H,3-8,13-18,21H2,1-2H3,(H,38,39). The molecular weight excluding hydrogens is 504 g/mol. The number of amides is 1. The number of hydrogen-bond donors (Lipinski definition) is 1. The summed E-state index contributed by atoms with van der Waals surface area (Å²) in [7, 11) is 1.68. The van der Waals surface area contributed by atoms with E-state index in [1.807, 2.05) is 23.1 Å². The maximum Gasteiger partial charge on any atom is 0.335 e. The number of anilines is 1. The van der Waals surface area contributed by atoms with Gasteiger partial charge in [0.1, 0.15) is 5.75 Å². The van der Waals surface area contributed by atoms with Crippen LogP contribution in [0.1, 0.15) is 60.9 Å². The van der Waals surface area contributed by atoms with Crippen LogP contribution in [0.15, 0.2) is 36.4 Å². The lowest BCUT2D eigenvalue weighted by atomic mass is 9.81. The quantitative estimate of drug-likeness (QED) is 0.468. The lowest BCUT2D eigenvalue weighted by Crippen LogP contribution is -2.51. The molecule has 1 saturated carbocycles. The molecule has 6 rings (SSSR count). The summed E-state index contributed by atoms with van der Waals surface area (Å²) < 4.78 is 7.97. The maximum atomic E-state index is 13.6. The molecule has 3 heterocycles. The number of hydrogen-bond acceptors (Lipinski definition) is 5. The first kappa shape index (κ1) is 26.7. The molecule has 1 N–H and O–H groups in total. The Morgan fingerprint density at radius 1 is 0.950 bits per heavy atom. The monoisotopic (exact) mass is 544 g/mol. The molecule has 0 atom stereocenters. The Labute approximate surface area is 236 Å². The van der Waals surface area contributed by atoms with Crippen LogP contribution in [0.5, 0.6) is 5.75 Å². The van der Waals surface area contributed by atoms with Crippen molar-refractivity contribution < 1.29 is 19.4 Å². The topological polar surface area (TPSA) is 78.2 Å². The molecule has 212 valence electrons. The summed E-state index contributed by atoms with van der Waals surface area (Å²) in [5.41, 5.74) is 5.89. The van der Waals surface area contributed by atoms with Crippen LogP contribution < -0.4 is 9.64 Å². The van der Waals surface area contributed by atoms with Crippen LogP contribution in [0, 0.1) is 0 Å². The van der Waals surface area contributed by atoms with E-state index in [4.69, 9.17) is 4.74 Å². The van der Waals surface area contributed by atoms with E-state index in [1.165, 1.54) is 30.5 Å². The van der Waals surface area contributed by atoms with E-state index < -0.39 is 5.97 Å². The average Bonchev–Trinajstić information content (AvgIpc) is 3.23. The first-order chi connectivity index (χ1) is 19.5. The van der Waals surface area contributed by atoms with Crippen LogP contribution in [-0.4, -0.2) is 84.3 Å². The Bertz CT molecular complexity index is 1420. The van der Waals surface area contributed by atoms with Gasteiger partial charge in [-0.1, -0.05) is 32.3 Å². The van der Waals surface area contributed by atoms with Gasteiger partial charge in [0.05, 0.1) is 30.6 Å². The van der Waals surface area contributed by atoms with Crippen molar-refractivity contribution in [3.63, 3.8) is 0 Å². The van der Waals surface area contributed by atoms with Crippen molar-refractivity contribution in [1.82, 2.24) is 14.4 Å². The number of fused-ring (bicyclic) bond motifs is 5. The minimum Gasteiger partial charge on any atom is -0.497 e. The molecule has 3 aromatic rings. The summed E-state index contributed by atoms with van der Waals surface area (Å²) in [6, 6.07) is 11.8. The van der Waals surface area contributed by atoms with Gasteiger partial charge in [0.2, 0.25) is 5.91 Å². The van der Waals surface area contributed by atoms with Gasteiger partial charge in [-0.3, -0.25) is 4.79 Å². The lowest BCUT2D eigenvalue weighted by molar-refractivity contribution is -0.131. The predicted octanol–water partition coefficient (Wildman–Crippen LogP) is 5.05. The molecule has 40 heavy (non-hydrogen) atoms. The lowest BCUT2D eigenvalue weighted by Gasteiger charge is -2.35. The number of benzene rings is 2. The van der Waals surface area contributed by atoms with E-state index in [2.05, 4.69) is 33.4 Å². The van der Waals surface area contributed by atoms with E-state index in [0.29, 0.717) is 31.1 Å². The molecule has 1 aliphatic carbocycles. The summed E-state index contributed by atoms with van der Waals surface area (Å²) >= 11 is 0. The van der Waals surface area contributed by atoms with E-state index >= 15 is 0 Å². The average molecular weight is 545 g/mol. The number of likely N-dealkylation sites (N-methyl/N-ethyl adjacent to an activating group) is 1. The first-order valence-electron chi connectivity index (χ1n) is 14.8. The zero-order valence-electron chi connectivity index (χ0n) is 23.7. The highest BCUT2D eigenvalue weighted by atomic mass is 16.5. The molecule has 0 radical (unpaired) electrons. The molecule has 2 fully saturated rings. The molecule has 0 bridgehead atoms. The molecule has 3 aliphatic rings. The number of aromatic carboxylic acids is 1. The molecule has 8 heteroatoms. The molecule has 1 aromatic heterocycles. The second-order valence-corrected chi connectivity index (χ2v) is 11.4. The van der Waals surface area contributed by atoms with Crippen LogP contribution in [0.25, 0.3) is 22.2 Å². The summed E-state index contributed by atoms with van der Waals surface area (Å²) in [6.45, 7) is 8.18. The Morgan fingerprint density at radius 2 is 1.73 bits per heavy atom. The van der Waals surface area contributed by atoms with Crippen LogP contribution in [0.3, 0.4) is 0 Å². The van der Waals surface area contributed by atoms with Gasteiger partial charge >= 0.3 is 5.97 Å². The third-order valence-corrected chi connectivity index (χ3v) is 9.26. The fraction of sp³-hybridized carbons (Fsp3) is 0.500. The van der Waals surface area contributed by atoms with Gasteiger partial charge in [-0.05, 0) is 55.1 Å². The fourth-order valence-electron chi connectivity index (χ4n) is 7.02. The molecular formula is C32H40N4O4. The van der Waals surface area contributed by atoms with Crippen molar-refractivity contribution >= 4 is 28.5 Å². The number of nitrogens with zero attached hydrogens (tertiary/aromatic N) is 4. The summed E-state index contributed by atoms with van der Waals surface area (Å²) in [6.07, 6.45) is 5.98. The molecule has 0 spiro atoms. The van der Waals surface area contributed by atoms with Crippen molar-refractivity contribution in [3.05, 3.63) is 47.5 Å². The Kier molecular flexibility index (Phi) is 7.45. The number of piperazine rings is 1. The zero-order chi connectivity index (χ0) is 27.8. The Balaban J connectivity index is 1.45. The minimum absolute atomic E-state index is 0.154. The van der Waals surface area contributed by atoms with Gasteiger partial charge in [0.15, 0.2) is 0 Å². The zero-order valence-corrected chi connectivity index (χ0v) is 23.7. The van der Waals surface area contributed by atoms with Gasteiger partial charge < -0.3 is 29.1 Å². The second kappa shape index (κ2) is 11.2. The molecule has 2 aromatic carbocycles. The van der Waals surface area contributed by atoms with E-state index in [9.17, 15) is 14.7 Å². The highest BCUT2D eigenvalue weighted by Crippen LogP contribution is 2.48. The SMILES string of the molecule is CCN1CCN(C(=O)CN2CCn3c(c(C4CCCCC4)c4ccc(C(=O)O)cc43)-c3ccc(OC)cc32)CC1. The van der Waals surface area contributed by atoms with Crippen LogP contribution in [0.2, 0.25) is 0 Å². The Hall–Kier alpha value is -3.52. The molecule has 1 saturated heterocycles. The summed E-state index contributed by atoms with van der Waals surface area (Å²) in [5, 5.41) is 11.0. The molecule has 2 aliphatic heterocycles. The van der Waals surface area contributed by atoms with Crippen molar-refractivity contribution in [2.45, 2.75) is 51.5 Å². The van der Waals surface area contributed by atoms with Gasteiger partial charge in [-0.15, -0.1) is 0 Å². The molecule has 0 unspecified atom stereocenters. The van der Waals surface area contributed by atoms with E-state index in [1.54, 1.807) is 13.2 Å². The number of aromatic nitrogens is 1. The maximum absolute atomic E-state index is 13.6. The number of carboxylic acids is 1. The second-order valence-electron chi connectivity index (χ2n) is 11.4. The number of carboxylic acid groups (broad SMARTS) is 1. The number of ether oxygens (including phenoxy) is 1. The number of rotatable bonds is 6. The van der Waals surface area contributed by atoms with Crippen molar-refractivity contribution in [1.29, 1.82) is 0 Å². The van der Waals surface area contributed by atoms with Gasteiger partial charge in [-0.2, -0.15) is 0 Å². The predicted molar refractivity (Wildman–Crippen MR) is 158 cm³/mol. The third-order valence-electron chi connectivity index (χ3n) is 9.26. The highest BCUT2D eigenvalue weighted by Gasteiger charge is 2.32. The third kappa shape index (κ3) is 4.83. The minimum atomic E-state index is -0.911. The fourth-order valence-corrected chi connectivity index (χ4v) is 7.02. The largest absolute Gasteiger partial charge is 0.497 e. The first-order valence-corrected chi connectivity index (χ1v) is 14.8. The number of carbonyl (C=O) groups is 2. The van der Waals surface area contributed by atoms with Gasteiger partial charge in [0, 0.05) is 61.8 Å². The van der Waals surface area contributed by atoms with E-state index in [0.717, 1.165) is 73.5 Å². The van der Waals surface area contributed by atoms with Crippen LogP contribution in [-0.2, 0) is 11.3 Å². The van der Waals surface area contributed by atoms with E-state index in [-0.39, 0.29) is 5.91 Å². The van der Waals surface area contributed by atoms with Crippen LogP contribution >= 0.6 is 0 Å². The van der Waals surface area contributed by atoms with Crippen LogP contribution in [0.4, 0.5) is 5.69 Å². The van der Waals surface area contributed by atoms with Crippen molar-refractivity contribution in [3.8, 4) is 17.0 Å². The van der Waals surface area contributed by atoms with Crippen molar-refractivity contribution in [2.24, 2.45) is 0 Å². The smallest absolute Gasteiger partial charge is 0.335 e. The summed E-state index contributed by atoms with van der Waals surface area (Å²) in [4.78, 5) is 32.1. The number of methoxy groups -OCH3 is 1. The van der Waals surface area contributed by atoms with Crippen molar-refractivity contribution in [2.75, 3.05) is 57.8 Å². The highest BCUT2D eigenvalue weighted by molar-refractivity contribution is 6.00. The summed E-state index contributed by atoms with van der Waals surface area (Å²) in [5.74, 6) is 0.443. The molecule has 8 nitrogen and oxygen atoms in total. The normalized spacial score (nSPS) is 18.4. The van der Waals surface area contributed by atoms with Gasteiger partial charge in [-0.25, -0.2) is 4.79 Å². The number of carbonyl (C=O) groups excluding carboxylic acids is 1. The van der Waals surface area contributed by atoms with Gasteiger partial charge in [0.25, 0.3) is 0 Å². The molecule has 1 amide bonds. The Morgan fingerprint density at radius 3 is 2.42 bits per heavy atom.